The molecule has 23 heavy (non-hydrogen) atoms. The predicted octanol–water partition coefficient (Wildman–Crippen LogP) is 0.0464. The minimum Gasteiger partial charge on any atom is -0.378 e. The van der Waals surface area contributed by atoms with Gasteiger partial charge in [0.15, 0.2) is 0 Å². The summed E-state index contributed by atoms with van der Waals surface area (Å²) in [6, 6.07) is -0.497. The summed E-state index contributed by atoms with van der Waals surface area (Å²) in [5.41, 5.74) is -0.221. The SMILES string of the molecule is CCC1(CC)CNC(=O)C1NC(=O)CCC(=O)N1CCOCC1. The Morgan fingerprint density at radius 1 is 1.26 bits per heavy atom. The first-order valence-corrected chi connectivity index (χ1v) is 8.45. The standard InChI is InChI=1S/C16H27N3O4/c1-3-16(4-2)11-17-15(22)14(16)18-12(20)5-6-13(21)19-7-9-23-10-8-19/h14H,3-11H2,1-2H3,(H,17,22)(H,18,20). The summed E-state index contributed by atoms with van der Waals surface area (Å²) in [6.45, 7) is 6.93. The van der Waals surface area contributed by atoms with E-state index in [2.05, 4.69) is 10.6 Å². The highest BCUT2D eigenvalue weighted by Gasteiger charge is 2.46. The highest BCUT2D eigenvalue weighted by atomic mass is 16.5. The van der Waals surface area contributed by atoms with Crippen molar-refractivity contribution in [2.75, 3.05) is 32.8 Å². The van der Waals surface area contributed by atoms with Crippen molar-refractivity contribution in [2.45, 2.75) is 45.6 Å². The fourth-order valence-electron chi connectivity index (χ4n) is 3.30. The van der Waals surface area contributed by atoms with Gasteiger partial charge in [0, 0.05) is 37.9 Å². The van der Waals surface area contributed by atoms with Crippen LogP contribution in [0.1, 0.15) is 39.5 Å². The molecule has 2 fully saturated rings. The van der Waals surface area contributed by atoms with E-state index >= 15 is 0 Å². The van der Waals surface area contributed by atoms with Crippen LogP contribution in [0, 0.1) is 5.41 Å². The number of ether oxygens (including phenoxy) is 1. The highest BCUT2D eigenvalue weighted by Crippen LogP contribution is 2.34. The third-order valence-electron chi connectivity index (χ3n) is 5.13. The summed E-state index contributed by atoms with van der Waals surface area (Å²) in [5, 5.41) is 5.67. The molecule has 2 saturated heterocycles. The number of nitrogens with one attached hydrogen (secondary N) is 2. The van der Waals surface area contributed by atoms with Gasteiger partial charge in [-0.25, -0.2) is 0 Å². The normalized spacial score (nSPS) is 23.5. The topological polar surface area (TPSA) is 87.7 Å². The fraction of sp³-hybridized carbons (Fsp3) is 0.812. The van der Waals surface area contributed by atoms with Crippen molar-refractivity contribution in [3.8, 4) is 0 Å². The van der Waals surface area contributed by atoms with Gasteiger partial charge >= 0.3 is 0 Å². The molecule has 7 nitrogen and oxygen atoms in total. The quantitative estimate of drug-likeness (QED) is 0.722. The molecule has 0 radical (unpaired) electrons. The van der Waals surface area contributed by atoms with Crippen LogP contribution < -0.4 is 10.6 Å². The molecule has 2 aliphatic heterocycles. The molecule has 130 valence electrons. The maximum absolute atomic E-state index is 12.2. The van der Waals surface area contributed by atoms with Crippen LogP contribution in [0.3, 0.4) is 0 Å². The molecule has 3 amide bonds. The lowest BCUT2D eigenvalue weighted by Crippen LogP contribution is -2.49. The Kier molecular flexibility index (Phi) is 5.98. The number of hydrogen-bond donors (Lipinski definition) is 2. The van der Waals surface area contributed by atoms with Crippen molar-refractivity contribution in [2.24, 2.45) is 5.41 Å². The first-order chi connectivity index (χ1) is 11.0. The van der Waals surface area contributed by atoms with E-state index in [1.54, 1.807) is 4.90 Å². The third kappa shape index (κ3) is 4.02. The third-order valence-corrected chi connectivity index (χ3v) is 5.13. The molecule has 2 rings (SSSR count). The number of nitrogens with zero attached hydrogens (tertiary/aromatic N) is 1. The number of amides is 3. The second kappa shape index (κ2) is 7.77. The Balaban J connectivity index is 1.83. The fourth-order valence-corrected chi connectivity index (χ4v) is 3.30. The maximum Gasteiger partial charge on any atom is 0.243 e. The molecular formula is C16H27N3O4. The summed E-state index contributed by atoms with van der Waals surface area (Å²) in [4.78, 5) is 38.0. The zero-order chi connectivity index (χ0) is 16.9. The van der Waals surface area contributed by atoms with Crippen LogP contribution in [0.15, 0.2) is 0 Å². The van der Waals surface area contributed by atoms with E-state index in [1.165, 1.54) is 0 Å². The largest absolute Gasteiger partial charge is 0.378 e. The Morgan fingerprint density at radius 3 is 2.52 bits per heavy atom. The number of carbonyl (C=O) groups excluding carboxylic acids is 3. The summed E-state index contributed by atoms with van der Waals surface area (Å²) < 4.78 is 5.21. The van der Waals surface area contributed by atoms with Crippen LogP contribution in [0.25, 0.3) is 0 Å². The molecule has 0 aromatic rings. The Morgan fingerprint density at radius 2 is 1.91 bits per heavy atom. The maximum atomic E-state index is 12.2. The number of morpholine rings is 1. The number of carbonyl (C=O) groups is 3. The van der Waals surface area contributed by atoms with Crippen molar-refractivity contribution in [3.05, 3.63) is 0 Å². The summed E-state index contributed by atoms with van der Waals surface area (Å²) >= 11 is 0. The molecule has 0 bridgehead atoms. The number of rotatable bonds is 6. The van der Waals surface area contributed by atoms with E-state index in [9.17, 15) is 14.4 Å². The van der Waals surface area contributed by atoms with Crippen LogP contribution >= 0.6 is 0 Å². The van der Waals surface area contributed by atoms with Gasteiger partial charge in [0.1, 0.15) is 6.04 Å². The first-order valence-electron chi connectivity index (χ1n) is 8.45. The Bertz CT molecular complexity index is 456. The molecule has 1 atom stereocenters. The van der Waals surface area contributed by atoms with E-state index < -0.39 is 6.04 Å². The van der Waals surface area contributed by atoms with Gasteiger partial charge in [-0.05, 0) is 12.8 Å². The van der Waals surface area contributed by atoms with E-state index in [0.29, 0.717) is 32.8 Å². The van der Waals surface area contributed by atoms with Gasteiger partial charge in [-0.2, -0.15) is 0 Å². The first kappa shape index (κ1) is 17.7. The molecule has 1 unspecified atom stereocenters. The van der Waals surface area contributed by atoms with Gasteiger partial charge < -0.3 is 20.3 Å². The van der Waals surface area contributed by atoms with Gasteiger partial charge in [-0.3, -0.25) is 14.4 Å². The molecule has 0 saturated carbocycles. The predicted molar refractivity (Wildman–Crippen MR) is 84.6 cm³/mol. The van der Waals surface area contributed by atoms with Crippen molar-refractivity contribution in [3.63, 3.8) is 0 Å². The lowest BCUT2D eigenvalue weighted by atomic mass is 9.77. The van der Waals surface area contributed by atoms with Crippen LogP contribution in [-0.4, -0.2) is 61.5 Å². The van der Waals surface area contributed by atoms with Crippen molar-refractivity contribution in [1.82, 2.24) is 15.5 Å². The lowest BCUT2D eigenvalue weighted by Gasteiger charge is -2.31. The van der Waals surface area contributed by atoms with Crippen molar-refractivity contribution in [1.29, 1.82) is 0 Å². The van der Waals surface area contributed by atoms with Gasteiger partial charge in [0.05, 0.1) is 13.2 Å². The molecule has 0 spiro atoms. The number of hydrogen-bond acceptors (Lipinski definition) is 4. The molecule has 2 N–H and O–H groups in total. The molecule has 0 aromatic carbocycles. The lowest BCUT2D eigenvalue weighted by molar-refractivity contribution is -0.137. The van der Waals surface area contributed by atoms with Crippen LogP contribution in [0.5, 0.6) is 0 Å². The van der Waals surface area contributed by atoms with Gasteiger partial charge in [-0.1, -0.05) is 13.8 Å². The van der Waals surface area contributed by atoms with Gasteiger partial charge in [-0.15, -0.1) is 0 Å². The molecular weight excluding hydrogens is 298 g/mol. The zero-order valence-corrected chi connectivity index (χ0v) is 14.0. The molecule has 0 aromatic heterocycles. The van der Waals surface area contributed by atoms with E-state index in [4.69, 9.17) is 4.74 Å². The summed E-state index contributed by atoms with van der Waals surface area (Å²) in [5.74, 6) is -0.391. The molecule has 2 heterocycles. The monoisotopic (exact) mass is 325 g/mol. The second-order valence-corrected chi connectivity index (χ2v) is 6.28. The van der Waals surface area contributed by atoms with E-state index in [0.717, 1.165) is 12.8 Å². The summed E-state index contributed by atoms with van der Waals surface area (Å²) in [7, 11) is 0. The molecule has 0 aliphatic carbocycles. The molecule has 7 heteroatoms. The zero-order valence-electron chi connectivity index (χ0n) is 14.0. The highest BCUT2D eigenvalue weighted by molar-refractivity contribution is 5.91. The minimum absolute atomic E-state index is 0.0310. The van der Waals surface area contributed by atoms with Crippen LogP contribution in [0.4, 0.5) is 0 Å². The van der Waals surface area contributed by atoms with Crippen LogP contribution in [0.2, 0.25) is 0 Å². The second-order valence-electron chi connectivity index (χ2n) is 6.28. The molecule has 2 aliphatic rings. The van der Waals surface area contributed by atoms with Gasteiger partial charge in [0.25, 0.3) is 0 Å². The average Bonchev–Trinajstić information content (AvgIpc) is 2.90. The van der Waals surface area contributed by atoms with Crippen LogP contribution in [-0.2, 0) is 19.1 Å². The summed E-state index contributed by atoms with van der Waals surface area (Å²) in [6.07, 6.45) is 1.93. The van der Waals surface area contributed by atoms with Crippen molar-refractivity contribution < 1.29 is 19.1 Å². The average molecular weight is 325 g/mol. The minimum atomic E-state index is -0.497. The van der Waals surface area contributed by atoms with Gasteiger partial charge in [0.2, 0.25) is 17.7 Å². The smallest absolute Gasteiger partial charge is 0.243 e. The Hall–Kier alpha value is -1.63. The Labute approximate surface area is 137 Å². The van der Waals surface area contributed by atoms with E-state index in [1.807, 2.05) is 13.8 Å². The van der Waals surface area contributed by atoms with E-state index in [-0.39, 0.29) is 36.0 Å². The van der Waals surface area contributed by atoms with Crippen molar-refractivity contribution >= 4 is 17.7 Å².